The third kappa shape index (κ3) is 4.17. The van der Waals surface area contributed by atoms with Gasteiger partial charge in [-0.15, -0.1) is 0 Å². The molecule has 4 rings (SSSR count). The quantitative estimate of drug-likeness (QED) is 0.661. The van der Waals surface area contributed by atoms with E-state index in [2.05, 4.69) is 9.88 Å². The van der Waals surface area contributed by atoms with Crippen LogP contribution in [0.15, 0.2) is 54.9 Å². The first-order chi connectivity index (χ1) is 13.7. The van der Waals surface area contributed by atoms with Crippen LogP contribution >= 0.6 is 0 Å². The van der Waals surface area contributed by atoms with E-state index in [0.717, 1.165) is 55.4 Å². The van der Waals surface area contributed by atoms with E-state index in [1.165, 1.54) is 0 Å². The van der Waals surface area contributed by atoms with E-state index in [0.29, 0.717) is 13.0 Å². The fraction of sp³-hybridized carbons (Fsp3) is 0.364. The molecule has 6 heteroatoms. The molecule has 0 saturated carbocycles. The molecule has 1 aliphatic rings. The van der Waals surface area contributed by atoms with E-state index in [-0.39, 0.29) is 5.91 Å². The lowest BCUT2D eigenvalue weighted by Gasteiger charge is -2.34. The van der Waals surface area contributed by atoms with Crippen molar-refractivity contribution in [2.45, 2.75) is 13.3 Å². The minimum absolute atomic E-state index is 0.170. The summed E-state index contributed by atoms with van der Waals surface area (Å²) in [5, 5.41) is 0. The highest BCUT2D eigenvalue weighted by molar-refractivity contribution is 5.78. The van der Waals surface area contributed by atoms with Gasteiger partial charge in [-0.25, -0.2) is 4.98 Å². The number of amides is 1. The number of carbonyl (C=O) groups excluding carboxylic acids is 1. The Morgan fingerprint density at radius 3 is 2.64 bits per heavy atom. The van der Waals surface area contributed by atoms with E-state index in [1.807, 2.05) is 71.1 Å². The molecular formula is C22H26N4O2. The summed E-state index contributed by atoms with van der Waals surface area (Å²) >= 11 is 0. The molecule has 1 aliphatic heterocycles. The number of fused-ring (bicyclic) bond motifs is 1. The monoisotopic (exact) mass is 378 g/mol. The number of para-hydroxylation sites is 1. The Kier molecular flexibility index (Phi) is 5.58. The summed E-state index contributed by atoms with van der Waals surface area (Å²) < 4.78 is 7.79. The van der Waals surface area contributed by atoms with Gasteiger partial charge in [0.15, 0.2) is 0 Å². The molecule has 0 unspecified atom stereocenters. The van der Waals surface area contributed by atoms with Crippen LogP contribution in [-0.2, 0) is 11.2 Å². The second-order valence-electron chi connectivity index (χ2n) is 7.20. The smallest absolute Gasteiger partial charge is 0.228 e. The van der Waals surface area contributed by atoms with Crippen molar-refractivity contribution in [1.29, 1.82) is 0 Å². The number of hydrogen-bond acceptors (Lipinski definition) is 4. The standard InChI is InChI=1S/C22H26N4O2/c1-18-6-5-9-26-19(17-23-22(18)26)16-21(27)25-12-10-24(11-13-25)14-15-28-20-7-3-2-4-8-20/h2-9,17H,10-16H2,1H3. The van der Waals surface area contributed by atoms with Gasteiger partial charge in [-0.3, -0.25) is 9.69 Å². The number of carbonyl (C=O) groups is 1. The first-order valence-corrected chi connectivity index (χ1v) is 9.80. The van der Waals surface area contributed by atoms with Crippen molar-refractivity contribution in [3.63, 3.8) is 0 Å². The fourth-order valence-electron chi connectivity index (χ4n) is 3.63. The maximum Gasteiger partial charge on any atom is 0.228 e. The summed E-state index contributed by atoms with van der Waals surface area (Å²) in [6.07, 6.45) is 4.18. The molecule has 0 radical (unpaired) electrons. The summed E-state index contributed by atoms with van der Waals surface area (Å²) in [7, 11) is 0. The van der Waals surface area contributed by atoms with Crippen molar-refractivity contribution in [3.05, 3.63) is 66.1 Å². The van der Waals surface area contributed by atoms with Crippen LogP contribution in [-0.4, -0.2) is 64.4 Å². The molecule has 0 atom stereocenters. The van der Waals surface area contributed by atoms with E-state index in [1.54, 1.807) is 0 Å². The highest BCUT2D eigenvalue weighted by atomic mass is 16.5. The van der Waals surface area contributed by atoms with E-state index >= 15 is 0 Å². The average molecular weight is 378 g/mol. The van der Waals surface area contributed by atoms with Crippen LogP contribution in [0.4, 0.5) is 0 Å². The number of ether oxygens (including phenoxy) is 1. The Labute approximate surface area is 165 Å². The minimum atomic E-state index is 0.170. The van der Waals surface area contributed by atoms with Crippen molar-refractivity contribution in [2.75, 3.05) is 39.3 Å². The molecule has 6 nitrogen and oxygen atoms in total. The molecule has 0 aliphatic carbocycles. The molecule has 1 amide bonds. The number of pyridine rings is 1. The molecule has 3 aromatic rings. The zero-order valence-corrected chi connectivity index (χ0v) is 16.3. The fourth-order valence-corrected chi connectivity index (χ4v) is 3.63. The Morgan fingerprint density at radius 1 is 1.07 bits per heavy atom. The van der Waals surface area contributed by atoms with Gasteiger partial charge in [0.2, 0.25) is 5.91 Å². The number of hydrogen-bond donors (Lipinski definition) is 0. The number of piperazine rings is 1. The molecule has 3 heterocycles. The highest BCUT2D eigenvalue weighted by Gasteiger charge is 2.22. The second-order valence-corrected chi connectivity index (χ2v) is 7.20. The maximum atomic E-state index is 12.7. The van der Waals surface area contributed by atoms with Gasteiger partial charge >= 0.3 is 0 Å². The molecule has 28 heavy (non-hydrogen) atoms. The normalized spacial score (nSPS) is 15.1. The van der Waals surface area contributed by atoms with Crippen molar-refractivity contribution < 1.29 is 9.53 Å². The largest absolute Gasteiger partial charge is 0.492 e. The SMILES string of the molecule is Cc1cccn2c(CC(=O)N3CCN(CCOc4ccccc4)CC3)cnc12. The molecule has 1 fully saturated rings. The Balaban J connectivity index is 1.25. The Hall–Kier alpha value is -2.86. The lowest BCUT2D eigenvalue weighted by atomic mass is 10.2. The van der Waals surface area contributed by atoms with Crippen LogP contribution in [0, 0.1) is 6.92 Å². The maximum absolute atomic E-state index is 12.7. The van der Waals surface area contributed by atoms with Crippen LogP contribution in [0.1, 0.15) is 11.3 Å². The van der Waals surface area contributed by atoms with Crippen LogP contribution < -0.4 is 4.74 Å². The van der Waals surface area contributed by atoms with Gasteiger partial charge in [-0.1, -0.05) is 24.3 Å². The van der Waals surface area contributed by atoms with Gasteiger partial charge in [0, 0.05) is 45.1 Å². The molecule has 0 bridgehead atoms. The molecule has 1 aromatic carbocycles. The van der Waals surface area contributed by atoms with Crippen LogP contribution in [0.5, 0.6) is 5.75 Å². The van der Waals surface area contributed by atoms with Crippen molar-refractivity contribution in [2.24, 2.45) is 0 Å². The minimum Gasteiger partial charge on any atom is -0.492 e. The lowest BCUT2D eigenvalue weighted by Crippen LogP contribution is -2.50. The predicted molar refractivity (Wildman–Crippen MR) is 109 cm³/mol. The Bertz CT molecular complexity index is 930. The molecule has 0 spiro atoms. The van der Waals surface area contributed by atoms with Crippen molar-refractivity contribution in [3.8, 4) is 5.75 Å². The summed E-state index contributed by atoms with van der Waals surface area (Å²) in [4.78, 5) is 21.5. The number of nitrogens with zero attached hydrogens (tertiary/aromatic N) is 4. The first kappa shape index (κ1) is 18.5. The zero-order chi connectivity index (χ0) is 19.3. The van der Waals surface area contributed by atoms with Crippen molar-refractivity contribution in [1.82, 2.24) is 19.2 Å². The number of benzene rings is 1. The van der Waals surface area contributed by atoms with E-state index in [9.17, 15) is 4.79 Å². The lowest BCUT2D eigenvalue weighted by molar-refractivity contribution is -0.132. The molecule has 0 N–H and O–H groups in total. The number of rotatable bonds is 6. The van der Waals surface area contributed by atoms with Gasteiger partial charge in [0.05, 0.1) is 12.1 Å². The third-order valence-electron chi connectivity index (χ3n) is 5.28. The van der Waals surface area contributed by atoms with Gasteiger partial charge in [-0.05, 0) is 30.7 Å². The molecule has 146 valence electrons. The van der Waals surface area contributed by atoms with Gasteiger partial charge in [0.1, 0.15) is 18.0 Å². The summed E-state index contributed by atoms with van der Waals surface area (Å²) in [5.41, 5.74) is 2.99. The van der Waals surface area contributed by atoms with Crippen LogP contribution in [0.2, 0.25) is 0 Å². The van der Waals surface area contributed by atoms with E-state index < -0.39 is 0 Å². The number of aryl methyl sites for hydroxylation is 1. The highest BCUT2D eigenvalue weighted by Crippen LogP contribution is 2.13. The van der Waals surface area contributed by atoms with Gasteiger partial charge in [0.25, 0.3) is 0 Å². The van der Waals surface area contributed by atoms with Gasteiger partial charge in [-0.2, -0.15) is 0 Å². The van der Waals surface area contributed by atoms with Gasteiger partial charge < -0.3 is 14.0 Å². The molecule has 2 aromatic heterocycles. The van der Waals surface area contributed by atoms with Crippen molar-refractivity contribution >= 4 is 11.6 Å². The molecular weight excluding hydrogens is 352 g/mol. The number of aromatic nitrogens is 2. The third-order valence-corrected chi connectivity index (χ3v) is 5.28. The van der Waals surface area contributed by atoms with E-state index in [4.69, 9.17) is 4.74 Å². The summed E-state index contributed by atoms with van der Waals surface area (Å²) in [6, 6.07) is 13.9. The van der Waals surface area contributed by atoms with Crippen LogP contribution in [0.3, 0.4) is 0 Å². The zero-order valence-electron chi connectivity index (χ0n) is 16.3. The number of imidazole rings is 1. The molecule has 1 saturated heterocycles. The van der Waals surface area contributed by atoms with Crippen LogP contribution in [0.25, 0.3) is 5.65 Å². The predicted octanol–water partition coefficient (Wildman–Crippen LogP) is 2.41. The first-order valence-electron chi connectivity index (χ1n) is 9.80. The Morgan fingerprint density at radius 2 is 1.86 bits per heavy atom. The topological polar surface area (TPSA) is 50.1 Å². The summed E-state index contributed by atoms with van der Waals surface area (Å²) in [6.45, 7) is 6.88. The summed E-state index contributed by atoms with van der Waals surface area (Å²) in [5.74, 6) is 1.07. The average Bonchev–Trinajstić information content (AvgIpc) is 3.13. The second kappa shape index (κ2) is 8.44.